The van der Waals surface area contributed by atoms with Crippen LogP contribution in [0, 0.1) is 23.1 Å². The van der Waals surface area contributed by atoms with Crippen LogP contribution in [-0.2, 0) is 20.4 Å². The molecule has 1 aliphatic carbocycles. The van der Waals surface area contributed by atoms with Crippen LogP contribution in [-0.4, -0.2) is 67.4 Å². The van der Waals surface area contributed by atoms with E-state index >= 15 is 0 Å². The summed E-state index contributed by atoms with van der Waals surface area (Å²) in [6, 6.07) is 0.314. The summed E-state index contributed by atoms with van der Waals surface area (Å²) in [5, 5.41) is 0. The lowest BCUT2D eigenvalue weighted by Gasteiger charge is -2.40. The van der Waals surface area contributed by atoms with Crippen molar-refractivity contribution in [3.63, 3.8) is 0 Å². The molecular formula is C26H35F4N3O3. The van der Waals surface area contributed by atoms with Crippen LogP contribution in [0.3, 0.4) is 0 Å². The van der Waals surface area contributed by atoms with Gasteiger partial charge in [-0.1, -0.05) is 6.92 Å². The number of ether oxygens (including phenoxy) is 2. The van der Waals surface area contributed by atoms with Crippen LogP contribution in [0.1, 0.15) is 57.4 Å². The topological polar surface area (TPSA) is 54.9 Å². The zero-order chi connectivity index (χ0) is 25.7. The van der Waals surface area contributed by atoms with Gasteiger partial charge in [-0.3, -0.25) is 4.79 Å². The molecule has 0 radical (unpaired) electrons. The highest BCUT2D eigenvalue weighted by molar-refractivity contribution is 5.84. The second-order valence-corrected chi connectivity index (χ2v) is 11.0. The van der Waals surface area contributed by atoms with Gasteiger partial charge in [0.2, 0.25) is 5.91 Å². The van der Waals surface area contributed by atoms with Crippen molar-refractivity contribution in [3.8, 4) is 0 Å². The first kappa shape index (κ1) is 25.7. The molecular weight excluding hydrogens is 478 g/mol. The third kappa shape index (κ3) is 4.48. The van der Waals surface area contributed by atoms with Gasteiger partial charge in [-0.25, -0.2) is 9.37 Å². The summed E-state index contributed by atoms with van der Waals surface area (Å²) in [4.78, 5) is 21.3. The van der Waals surface area contributed by atoms with Gasteiger partial charge < -0.3 is 19.3 Å². The number of anilines is 1. The Morgan fingerprint density at radius 3 is 2.75 bits per heavy atom. The second kappa shape index (κ2) is 9.74. The van der Waals surface area contributed by atoms with E-state index in [2.05, 4.69) is 11.9 Å². The lowest BCUT2D eigenvalue weighted by molar-refractivity contribution is -0.143. The summed E-state index contributed by atoms with van der Waals surface area (Å²) in [5.41, 5.74) is -1.70. The molecule has 4 fully saturated rings. The third-order valence-electron chi connectivity index (χ3n) is 9.17. The predicted octanol–water partition coefficient (Wildman–Crippen LogP) is 4.67. The first-order valence-electron chi connectivity index (χ1n) is 13.1. The number of hydrogen-bond donors (Lipinski definition) is 0. The Bertz CT molecular complexity index is 976. The van der Waals surface area contributed by atoms with Crippen molar-refractivity contribution in [3.05, 3.63) is 23.6 Å². The molecule has 6 atom stereocenters. The van der Waals surface area contributed by atoms with Crippen LogP contribution in [0.15, 0.2) is 12.3 Å². The molecule has 1 saturated carbocycles. The van der Waals surface area contributed by atoms with Gasteiger partial charge in [0.05, 0.1) is 30.4 Å². The maximum atomic E-state index is 14.7. The molecule has 1 amide bonds. The van der Waals surface area contributed by atoms with Crippen LogP contribution >= 0.6 is 0 Å². The first-order chi connectivity index (χ1) is 17.2. The summed E-state index contributed by atoms with van der Waals surface area (Å²) in [7, 11) is 1.73. The molecule has 5 rings (SSSR count). The van der Waals surface area contributed by atoms with E-state index in [-0.39, 0.29) is 29.9 Å². The Morgan fingerprint density at radius 2 is 2.08 bits per heavy atom. The van der Waals surface area contributed by atoms with Crippen LogP contribution < -0.4 is 4.90 Å². The summed E-state index contributed by atoms with van der Waals surface area (Å²) in [6.07, 6.45) is 2.49. The third-order valence-corrected chi connectivity index (χ3v) is 9.17. The fourth-order valence-electron chi connectivity index (χ4n) is 7.15. The van der Waals surface area contributed by atoms with Crippen molar-refractivity contribution in [2.45, 2.75) is 76.2 Å². The van der Waals surface area contributed by atoms with Gasteiger partial charge in [0.1, 0.15) is 0 Å². The minimum atomic E-state index is -4.77. The quantitative estimate of drug-likeness (QED) is 0.518. The first-order valence-corrected chi connectivity index (χ1v) is 13.1. The van der Waals surface area contributed by atoms with Crippen LogP contribution in [0.4, 0.5) is 23.4 Å². The van der Waals surface area contributed by atoms with Crippen molar-refractivity contribution < 1.29 is 31.8 Å². The molecule has 4 heterocycles. The van der Waals surface area contributed by atoms with Crippen LogP contribution in [0.5, 0.6) is 0 Å². The number of amides is 1. The van der Waals surface area contributed by atoms with Gasteiger partial charge in [0.25, 0.3) is 0 Å². The molecule has 6 nitrogen and oxygen atoms in total. The van der Waals surface area contributed by atoms with Crippen molar-refractivity contribution in [2.75, 3.05) is 38.3 Å². The number of alkyl halides is 3. The molecule has 3 saturated heterocycles. The molecule has 1 aromatic rings. The highest BCUT2D eigenvalue weighted by atomic mass is 19.4. The zero-order valence-corrected chi connectivity index (χ0v) is 20.9. The lowest BCUT2D eigenvalue weighted by atomic mass is 9.79. The van der Waals surface area contributed by atoms with Crippen molar-refractivity contribution in [2.24, 2.45) is 17.3 Å². The fraction of sp³-hybridized carbons (Fsp3) is 0.769. The predicted molar refractivity (Wildman–Crippen MR) is 125 cm³/mol. The average molecular weight is 514 g/mol. The van der Waals surface area contributed by atoms with E-state index in [9.17, 15) is 22.4 Å². The molecule has 0 unspecified atom stereocenters. The van der Waals surface area contributed by atoms with E-state index in [0.29, 0.717) is 44.0 Å². The lowest BCUT2D eigenvalue weighted by Crippen LogP contribution is -2.53. The van der Waals surface area contributed by atoms with Gasteiger partial charge >= 0.3 is 6.18 Å². The molecule has 36 heavy (non-hydrogen) atoms. The van der Waals surface area contributed by atoms with Crippen LogP contribution in [0.25, 0.3) is 0 Å². The van der Waals surface area contributed by atoms with E-state index in [1.807, 2.05) is 4.90 Å². The summed E-state index contributed by atoms with van der Waals surface area (Å²) in [6.45, 7) is 4.17. The van der Waals surface area contributed by atoms with Crippen molar-refractivity contribution in [1.29, 1.82) is 0 Å². The zero-order valence-electron chi connectivity index (χ0n) is 20.9. The number of piperazine rings is 1. The maximum absolute atomic E-state index is 14.7. The number of methoxy groups -OCH3 is 1. The largest absolute Gasteiger partial charge is 0.419 e. The molecule has 0 aromatic carbocycles. The standard InChI is InChI=1S/C26H35F4N3O3/c1-3-25(7-4-16(12-25)10-17-6-9-36-15-21(17)35-2)24(34)33-14-18-11-19(33)13-32(18)23-22(27)20(5-8-31-23)26(28,29)30/h5,8,16-19,21H,3-4,6-7,9-15H2,1-2H3/t16-,17+,18-,19-,21+,25-/m0/s1. The number of hydrogen-bond acceptors (Lipinski definition) is 5. The second-order valence-electron chi connectivity index (χ2n) is 11.0. The summed E-state index contributed by atoms with van der Waals surface area (Å²) < 4.78 is 65.5. The molecule has 0 N–H and O–H groups in total. The van der Waals surface area contributed by atoms with E-state index < -0.39 is 23.0 Å². The van der Waals surface area contributed by atoms with Crippen molar-refractivity contribution in [1.82, 2.24) is 9.88 Å². The summed E-state index contributed by atoms with van der Waals surface area (Å²) >= 11 is 0. The van der Waals surface area contributed by atoms with Crippen molar-refractivity contribution >= 4 is 11.7 Å². The number of fused-ring (bicyclic) bond motifs is 2. The van der Waals surface area contributed by atoms with E-state index in [4.69, 9.17) is 9.47 Å². The number of carbonyl (C=O) groups excluding carboxylic acids is 1. The van der Waals surface area contributed by atoms with E-state index in [0.717, 1.165) is 51.3 Å². The van der Waals surface area contributed by atoms with Gasteiger partial charge in [-0.2, -0.15) is 13.2 Å². The minimum Gasteiger partial charge on any atom is -0.379 e. The number of pyridine rings is 1. The Labute approximate surface area is 209 Å². The van der Waals surface area contributed by atoms with Gasteiger partial charge in [-0.15, -0.1) is 0 Å². The van der Waals surface area contributed by atoms with E-state index in [1.165, 1.54) is 0 Å². The molecule has 10 heteroatoms. The summed E-state index contributed by atoms with van der Waals surface area (Å²) in [5.74, 6) is -0.522. The Morgan fingerprint density at radius 1 is 1.28 bits per heavy atom. The fourth-order valence-corrected chi connectivity index (χ4v) is 7.15. The molecule has 0 spiro atoms. The highest BCUT2D eigenvalue weighted by Crippen LogP contribution is 2.50. The highest BCUT2D eigenvalue weighted by Gasteiger charge is 2.53. The SMILES string of the molecule is CC[C@]1(C(=O)N2C[C@@H]3C[C@H]2CN3c2nccc(C(F)(F)F)c2F)CC[C@@H](C[C@H]2CCOC[C@H]2OC)C1. The number of aromatic nitrogens is 1. The maximum Gasteiger partial charge on any atom is 0.419 e. The smallest absolute Gasteiger partial charge is 0.379 e. The average Bonchev–Trinajstić information content (AvgIpc) is 3.58. The monoisotopic (exact) mass is 513 g/mol. The number of likely N-dealkylation sites (tertiary alicyclic amines) is 1. The number of carbonyl (C=O) groups is 1. The van der Waals surface area contributed by atoms with E-state index in [1.54, 1.807) is 12.0 Å². The van der Waals surface area contributed by atoms with Crippen LogP contribution in [0.2, 0.25) is 0 Å². The molecule has 2 bridgehead atoms. The normalized spacial score (nSPS) is 34.6. The molecule has 200 valence electrons. The molecule has 4 aliphatic rings. The Kier molecular flexibility index (Phi) is 6.95. The number of rotatable bonds is 6. The van der Waals surface area contributed by atoms with Gasteiger partial charge in [-0.05, 0) is 62.8 Å². The molecule has 3 aliphatic heterocycles. The van der Waals surface area contributed by atoms with Gasteiger partial charge in [0, 0.05) is 38.4 Å². The Balaban J connectivity index is 1.25. The molecule has 1 aromatic heterocycles. The minimum absolute atomic E-state index is 0.108. The number of nitrogens with zero attached hydrogens (tertiary/aromatic N) is 3. The Hall–Kier alpha value is -1.94. The van der Waals surface area contributed by atoms with Gasteiger partial charge in [0.15, 0.2) is 11.6 Å². The number of halogens is 4.